The molecule has 0 aromatic carbocycles. The van der Waals surface area contributed by atoms with Crippen LogP contribution in [0.5, 0.6) is 0 Å². The first kappa shape index (κ1) is 22.2. The Labute approximate surface area is 144 Å². The van der Waals surface area contributed by atoms with E-state index < -0.39 is 63.2 Å². The Morgan fingerprint density at radius 3 is 1.84 bits per heavy atom. The molecular weight excluding hydrogens is 366 g/mol. The molecule has 3 N–H and O–H groups in total. The Kier molecular flexibility index (Phi) is 5.93. The van der Waals surface area contributed by atoms with Gasteiger partial charge in [0.2, 0.25) is 0 Å². The molecule has 0 saturated heterocycles. The molecular formula is C14H24F2O8S. The van der Waals surface area contributed by atoms with E-state index in [-0.39, 0.29) is 0 Å². The van der Waals surface area contributed by atoms with Crippen molar-refractivity contribution < 1.29 is 46.2 Å². The first-order valence-electron chi connectivity index (χ1n) is 7.51. The van der Waals surface area contributed by atoms with Crippen molar-refractivity contribution in [3.63, 3.8) is 0 Å². The van der Waals surface area contributed by atoms with Gasteiger partial charge in [-0.1, -0.05) is 0 Å². The number of esters is 1. The van der Waals surface area contributed by atoms with Crippen molar-refractivity contribution in [2.45, 2.75) is 63.3 Å². The molecule has 0 spiro atoms. The van der Waals surface area contributed by atoms with Gasteiger partial charge < -0.3 is 19.7 Å². The third-order valence-corrected chi connectivity index (χ3v) is 5.12. The fraction of sp³-hybridized carbons (Fsp3) is 0.929. The van der Waals surface area contributed by atoms with Gasteiger partial charge in [-0.3, -0.25) is 4.55 Å². The number of carbonyl (C=O) groups excluding carboxylic acids is 1. The van der Waals surface area contributed by atoms with Gasteiger partial charge in [0.25, 0.3) is 0 Å². The van der Waals surface area contributed by atoms with Crippen LogP contribution in [0.1, 0.15) is 34.6 Å². The molecule has 148 valence electrons. The zero-order valence-corrected chi connectivity index (χ0v) is 15.4. The summed E-state index contributed by atoms with van der Waals surface area (Å²) in [4.78, 5) is 11.6. The number of carbonyl (C=O) groups is 1. The Hall–Kier alpha value is -0.880. The summed E-state index contributed by atoms with van der Waals surface area (Å²) < 4.78 is 65.8. The van der Waals surface area contributed by atoms with Gasteiger partial charge in [-0.15, -0.1) is 0 Å². The summed E-state index contributed by atoms with van der Waals surface area (Å²) in [7, 11) is -5.74. The minimum Gasteiger partial charge on any atom is -0.453 e. The van der Waals surface area contributed by atoms with Gasteiger partial charge in [0.15, 0.2) is 6.10 Å². The largest absolute Gasteiger partial charge is 0.453 e. The zero-order chi connectivity index (χ0) is 20.0. The first-order chi connectivity index (χ1) is 10.9. The lowest BCUT2D eigenvalue weighted by atomic mass is 9.94. The van der Waals surface area contributed by atoms with Crippen LogP contribution in [0.15, 0.2) is 0 Å². The van der Waals surface area contributed by atoms with Gasteiger partial charge >= 0.3 is 21.3 Å². The van der Waals surface area contributed by atoms with Crippen LogP contribution in [0.3, 0.4) is 0 Å². The predicted molar refractivity (Wildman–Crippen MR) is 81.4 cm³/mol. The van der Waals surface area contributed by atoms with Gasteiger partial charge in [-0.05, 0) is 34.6 Å². The zero-order valence-electron chi connectivity index (χ0n) is 14.6. The molecule has 0 heterocycles. The topological polar surface area (TPSA) is 130 Å². The fourth-order valence-corrected chi connectivity index (χ4v) is 3.31. The second-order valence-corrected chi connectivity index (χ2v) is 8.80. The molecule has 0 amide bonds. The van der Waals surface area contributed by atoms with E-state index in [2.05, 4.69) is 4.74 Å². The summed E-state index contributed by atoms with van der Waals surface area (Å²) in [5.41, 5.74) is -2.41. The second kappa shape index (κ2) is 6.69. The van der Waals surface area contributed by atoms with E-state index in [1.54, 1.807) is 0 Å². The fourth-order valence-electron chi connectivity index (χ4n) is 2.85. The van der Waals surface area contributed by atoms with E-state index in [0.29, 0.717) is 6.92 Å². The number of hydrogen-bond acceptors (Lipinski definition) is 7. The van der Waals surface area contributed by atoms with Crippen molar-refractivity contribution in [1.29, 1.82) is 0 Å². The van der Waals surface area contributed by atoms with Crippen LogP contribution in [0, 0.1) is 11.8 Å². The highest BCUT2D eigenvalue weighted by molar-refractivity contribution is 7.86. The van der Waals surface area contributed by atoms with E-state index in [9.17, 15) is 32.2 Å². The summed E-state index contributed by atoms with van der Waals surface area (Å²) in [6.07, 6.45) is -3.13. The van der Waals surface area contributed by atoms with Crippen molar-refractivity contribution in [2.24, 2.45) is 11.8 Å². The quantitative estimate of drug-likeness (QED) is 0.405. The lowest BCUT2D eigenvalue weighted by Gasteiger charge is -2.21. The Morgan fingerprint density at radius 2 is 1.52 bits per heavy atom. The Morgan fingerprint density at radius 1 is 1.12 bits per heavy atom. The highest BCUT2D eigenvalue weighted by Crippen LogP contribution is 2.54. The van der Waals surface area contributed by atoms with Crippen LogP contribution in [-0.4, -0.2) is 64.4 Å². The van der Waals surface area contributed by atoms with E-state index in [1.807, 2.05) is 0 Å². The number of rotatable bonds is 8. The highest BCUT2D eigenvalue weighted by Gasteiger charge is 2.64. The molecule has 1 saturated carbocycles. The third-order valence-electron chi connectivity index (χ3n) is 4.10. The standard InChI is InChI=1S/C14H24F2O8S/c1-7(14(15,16)25(20,21)22)24-8(17)6-23-11-9(12(2,3)18)10(11)13(4,5)19/h7,9-11,18-19H,6H2,1-5H3,(H,20,21,22). The van der Waals surface area contributed by atoms with Crippen LogP contribution in [-0.2, 0) is 24.4 Å². The maximum Gasteiger partial charge on any atom is 0.405 e. The van der Waals surface area contributed by atoms with Gasteiger partial charge in [0.1, 0.15) is 6.61 Å². The number of aliphatic hydroxyl groups is 2. The van der Waals surface area contributed by atoms with Crippen molar-refractivity contribution in [2.75, 3.05) is 6.61 Å². The van der Waals surface area contributed by atoms with Crippen LogP contribution in [0.25, 0.3) is 0 Å². The average molecular weight is 390 g/mol. The number of halogens is 2. The summed E-state index contributed by atoms with van der Waals surface area (Å²) >= 11 is 0. The molecule has 1 aliphatic rings. The van der Waals surface area contributed by atoms with Crippen molar-refractivity contribution in [1.82, 2.24) is 0 Å². The summed E-state index contributed by atoms with van der Waals surface area (Å²) in [5, 5.41) is 15.5. The van der Waals surface area contributed by atoms with Crippen molar-refractivity contribution in [3.05, 3.63) is 0 Å². The van der Waals surface area contributed by atoms with E-state index in [0.717, 1.165) is 0 Å². The van der Waals surface area contributed by atoms with Crippen LogP contribution in [0.2, 0.25) is 0 Å². The lowest BCUT2D eigenvalue weighted by Crippen LogP contribution is -2.42. The van der Waals surface area contributed by atoms with Crippen LogP contribution >= 0.6 is 0 Å². The smallest absolute Gasteiger partial charge is 0.405 e. The van der Waals surface area contributed by atoms with Gasteiger partial charge in [0, 0.05) is 11.8 Å². The maximum absolute atomic E-state index is 13.3. The SMILES string of the molecule is CC(OC(=O)COC1C(C(C)(C)O)C1C(C)(C)O)C(F)(F)S(=O)(=O)O. The third kappa shape index (κ3) is 5.07. The van der Waals surface area contributed by atoms with E-state index >= 15 is 0 Å². The second-order valence-electron chi connectivity index (χ2n) is 7.30. The van der Waals surface area contributed by atoms with Crippen molar-refractivity contribution in [3.8, 4) is 0 Å². The average Bonchev–Trinajstić information content (AvgIpc) is 3.09. The van der Waals surface area contributed by atoms with Crippen molar-refractivity contribution >= 4 is 16.1 Å². The normalized spacial score (nSPS) is 26.2. The van der Waals surface area contributed by atoms with E-state index in [1.165, 1.54) is 27.7 Å². The number of ether oxygens (including phenoxy) is 2. The lowest BCUT2D eigenvalue weighted by molar-refractivity contribution is -0.165. The number of hydrogen-bond donors (Lipinski definition) is 3. The molecule has 0 aromatic heterocycles. The molecule has 25 heavy (non-hydrogen) atoms. The molecule has 1 aliphatic carbocycles. The van der Waals surface area contributed by atoms with Gasteiger partial charge in [0.05, 0.1) is 17.3 Å². The molecule has 0 bridgehead atoms. The van der Waals surface area contributed by atoms with Crippen LogP contribution < -0.4 is 0 Å². The van der Waals surface area contributed by atoms with Crippen LogP contribution in [0.4, 0.5) is 8.78 Å². The van der Waals surface area contributed by atoms with Gasteiger partial charge in [-0.2, -0.15) is 17.2 Å². The molecule has 1 rings (SSSR count). The molecule has 11 heteroatoms. The molecule has 0 radical (unpaired) electrons. The summed E-state index contributed by atoms with van der Waals surface area (Å²) in [6.45, 7) is 5.86. The summed E-state index contributed by atoms with van der Waals surface area (Å²) in [6, 6.07) is 0. The molecule has 3 atom stereocenters. The molecule has 1 fully saturated rings. The van der Waals surface area contributed by atoms with Gasteiger partial charge in [-0.25, -0.2) is 4.79 Å². The minimum absolute atomic E-state index is 0.489. The maximum atomic E-state index is 13.3. The Balaban J connectivity index is 2.65. The Bertz CT molecular complexity index is 585. The van der Waals surface area contributed by atoms with E-state index in [4.69, 9.17) is 9.29 Å². The monoisotopic (exact) mass is 390 g/mol. The molecule has 8 nitrogen and oxygen atoms in total. The number of alkyl halides is 2. The highest BCUT2D eigenvalue weighted by atomic mass is 32.2. The predicted octanol–water partition coefficient (Wildman–Crippen LogP) is 0.572. The molecule has 0 aromatic rings. The molecule has 0 aliphatic heterocycles. The summed E-state index contributed by atoms with van der Waals surface area (Å²) in [5.74, 6) is -2.25. The molecule has 3 unspecified atom stereocenters. The minimum atomic E-state index is -5.74. The first-order valence-corrected chi connectivity index (χ1v) is 8.95.